The molecule has 1 amide bonds. The van der Waals surface area contributed by atoms with Gasteiger partial charge in [0.25, 0.3) is 0 Å². The molecule has 210 valence electrons. The van der Waals surface area contributed by atoms with Gasteiger partial charge in [-0.2, -0.15) is 4.31 Å². The smallest absolute Gasteiger partial charge is 0.248 e. The largest absolute Gasteiger partial charge is 0.497 e. The fraction of sp³-hybridized carbons (Fsp3) is 0.741. The van der Waals surface area contributed by atoms with Gasteiger partial charge in [-0.05, 0) is 82.7 Å². The predicted molar refractivity (Wildman–Crippen MR) is 144 cm³/mol. The van der Waals surface area contributed by atoms with Gasteiger partial charge in [0.15, 0.2) is 0 Å². The summed E-state index contributed by atoms with van der Waals surface area (Å²) in [5, 5.41) is 0. The van der Waals surface area contributed by atoms with Gasteiger partial charge in [-0.1, -0.05) is 0 Å². The molecule has 0 aromatic heterocycles. The molecule has 2 fully saturated rings. The van der Waals surface area contributed by atoms with Gasteiger partial charge in [-0.15, -0.1) is 0 Å². The lowest BCUT2D eigenvalue weighted by molar-refractivity contribution is -0.138. The Hall–Kier alpha value is -1.72. The zero-order valence-corrected chi connectivity index (χ0v) is 24.2. The van der Waals surface area contributed by atoms with Crippen molar-refractivity contribution in [1.29, 1.82) is 0 Å². The quantitative estimate of drug-likeness (QED) is 0.336. The Bertz CT molecular complexity index is 982. The van der Waals surface area contributed by atoms with Crippen LogP contribution < -0.4 is 4.74 Å². The predicted octanol–water partition coefficient (Wildman–Crippen LogP) is 2.83. The fourth-order valence-corrected chi connectivity index (χ4v) is 6.59. The molecule has 0 atom stereocenters. The Balaban J connectivity index is 1.36. The Morgan fingerprint density at radius 2 is 1.51 bits per heavy atom. The van der Waals surface area contributed by atoms with Gasteiger partial charge in [-0.25, -0.2) is 8.42 Å². The van der Waals surface area contributed by atoms with Crippen LogP contribution in [0.25, 0.3) is 0 Å². The van der Waals surface area contributed by atoms with Crippen LogP contribution in [-0.2, 0) is 24.3 Å². The highest BCUT2D eigenvalue weighted by molar-refractivity contribution is 7.89. The number of carbonyl (C=O) groups excluding carboxylic acids is 1. The van der Waals surface area contributed by atoms with Crippen molar-refractivity contribution in [3.05, 3.63) is 23.3 Å². The molecule has 0 unspecified atom stereocenters. The number of sulfonamides is 1. The van der Waals surface area contributed by atoms with E-state index in [1.54, 1.807) is 38.0 Å². The van der Waals surface area contributed by atoms with Crippen molar-refractivity contribution in [2.75, 3.05) is 61.2 Å². The summed E-state index contributed by atoms with van der Waals surface area (Å²) in [6.45, 7) is 5.50. The summed E-state index contributed by atoms with van der Waals surface area (Å²) in [6.07, 6.45) is 6.67. The summed E-state index contributed by atoms with van der Waals surface area (Å²) in [7, 11) is 3.39. The third-order valence-electron chi connectivity index (χ3n) is 7.67. The highest BCUT2D eigenvalue weighted by Crippen LogP contribution is 2.28. The highest BCUT2D eigenvalue weighted by atomic mass is 32.2. The van der Waals surface area contributed by atoms with Crippen molar-refractivity contribution < 1.29 is 27.4 Å². The number of hydrogen-bond donors (Lipinski definition) is 0. The van der Waals surface area contributed by atoms with Crippen LogP contribution in [-0.4, -0.2) is 108 Å². The molecular weight excluding hydrogens is 494 g/mol. The molecule has 2 aliphatic carbocycles. The molecule has 1 aromatic carbocycles. The van der Waals surface area contributed by atoms with Gasteiger partial charge in [0, 0.05) is 39.3 Å². The van der Waals surface area contributed by atoms with E-state index in [2.05, 4.69) is 11.9 Å². The Morgan fingerprint density at radius 1 is 0.919 bits per heavy atom. The fourth-order valence-electron chi connectivity index (χ4n) is 5.03. The van der Waals surface area contributed by atoms with Crippen LogP contribution in [0.3, 0.4) is 0 Å². The van der Waals surface area contributed by atoms with Crippen LogP contribution in [0.4, 0.5) is 0 Å². The molecule has 0 aliphatic heterocycles. The Labute approximate surface area is 223 Å². The molecule has 1 aromatic rings. The summed E-state index contributed by atoms with van der Waals surface area (Å²) in [6, 6.07) is 4.38. The van der Waals surface area contributed by atoms with E-state index < -0.39 is 10.0 Å². The van der Waals surface area contributed by atoms with Crippen LogP contribution in [0.15, 0.2) is 17.0 Å². The van der Waals surface area contributed by atoms with E-state index in [0.717, 1.165) is 44.9 Å². The number of ether oxygens (including phenoxy) is 3. The van der Waals surface area contributed by atoms with Crippen molar-refractivity contribution in [1.82, 2.24) is 14.1 Å². The van der Waals surface area contributed by atoms with Crippen molar-refractivity contribution in [2.24, 2.45) is 0 Å². The zero-order valence-electron chi connectivity index (χ0n) is 23.4. The second-order valence-electron chi connectivity index (χ2n) is 10.5. The first-order valence-corrected chi connectivity index (χ1v) is 14.8. The lowest BCUT2D eigenvalue weighted by atomic mass is 9.92. The molecule has 10 heteroatoms. The minimum atomic E-state index is -3.69. The summed E-state index contributed by atoms with van der Waals surface area (Å²) in [5.74, 6) is 0.545. The van der Waals surface area contributed by atoms with Crippen LogP contribution in [0.5, 0.6) is 5.75 Å². The van der Waals surface area contributed by atoms with Crippen LogP contribution >= 0.6 is 0 Å². The molecule has 0 N–H and O–H groups in total. The lowest BCUT2D eigenvalue weighted by Crippen LogP contribution is -2.42. The van der Waals surface area contributed by atoms with Crippen molar-refractivity contribution in [3.8, 4) is 5.75 Å². The number of likely N-dealkylation sites (N-methyl/N-ethyl adjacent to an activating group) is 3. The molecule has 2 aliphatic rings. The number of benzene rings is 1. The van der Waals surface area contributed by atoms with Crippen molar-refractivity contribution in [2.45, 2.75) is 75.5 Å². The molecule has 9 nitrogen and oxygen atoms in total. The third kappa shape index (κ3) is 8.13. The maximum absolute atomic E-state index is 13.1. The van der Waals surface area contributed by atoms with Gasteiger partial charge < -0.3 is 24.0 Å². The highest BCUT2D eigenvalue weighted by Gasteiger charge is 2.29. The Morgan fingerprint density at radius 3 is 2.08 bits per heavy atom. The second kappa shape index (κ2) is 13.4. The van der Waals surface area contributed by atoms with Crippen molar-refractivity contribution >= 4 is 15.9 Å². The SMILES string of the molecule is COc1cc(C)c(S(=O)(=O)N(C)CCOCC(=O)N(C)C2CCC(OCCN(C)C3CC3)CC2)c(C)c1. The minimum absolute atomic E-state index is 0.0606. The lowest BCUT2D eigenvalue weighted by Gasteiger charge is -2.34. The summed E-state index contributed by atoms with van der Waals surface area (Å²) in [5.41, 5.74) is 1.26. The molecular formula is C27H45N3O6S. The first-order valence-electron chi connectivity index (χ1n) is 13.3. The topological polar surface area (TPSA) is 88.6 Å². The summed E-state index contributed by atoms with van der Waals surface area (Å²) in [4.78, 5) is 17.1. The summed E-state index contributed by atoms with van der Waals surface area (Å²) < 4.78 is 44.4. The minimum Gasteiger partial charge on any atom is -0.497 e. The first-order chi connectivity index (χ1) is 17.5. The van der Waals surface area contributed by atoms with E-state index in [0.29, 0.717) is 16.9 Å². The molecule has 0 heterocycles. The number of carbonyl (C=O) groups is 1. The van der Waals surface area contributed by atoms with Gasteiger partial charge in [0.2, 0.25) is 15.9 Å². The van der Waals surface area contributed by atoms with Gasteiger partial charge in [0.05, 0.1) is 31.3 Å². The molecule has 0 saturated heterocycles. The third-order valence-corrected chi connectivity index (χ3v) is 9.83. The van der Waals surface area contributed by atoms with E-state index in [1.165, 1.54) is 24.2 Å². The van der Waals surface area contributed by atoms with Gasteiger partial charge >= 0.3 is 0 Å². The monoisotopic (exact) mass is 539 g/mol. The number of methoxy groups -OCH3 is 1. The average Bonchev–Trinajstić information content (AvgIpc) is 3.71. The van der Waals surface area contributed by atoms with E-state index in [4.69, 9.17) is 14.2 Å². The molecule has 0 spiro atoms. The van der Waals surface area contributed by atoms with E-state index in [-0.39, 0.29) is 42.7 Å². The number of nitrogens with zero attached hydrogens (tertiary/aromatic N) is 3. The summed E-state index contributed by atoms with van der Waals surface area (Å²) >= 11 is 0. The van der Waals surface area contributed by atoms with Gasteiger partial charge in [0.1, 0.15) is 12.4 Å². The molecule has 2 saturated carbocycles. The van der Waals surface area contributed by atoms with Gasteiger partial charge in [-0.3, -0.25) is 4.79 Å². The molecule has 0 radical (unpaired) electrons. The molecule has 37 heavy (non-hydrogen) atoms. The number of rotatable bonds is 14. The number of amides is 1. The molecule has 0 bridgehead atoms. The maximum Gasteiger partial charge on any atom is 0.248 e. The van der Waals surface area contributed by atoms with Crippen LogP contribution in [0, 0.1) is 13.8 Å². The normalized spacial score (nSPS) is 20.4. The standard InChI is InChI=1S/C27H45N3O6S/c1-20-17-25(34-6)18-21(2)27(20)37(32,33)29(4)14-15-35-19-26(31)30(5)23-9-11-24(12-10-23)36-16-13-28(3)22-7-8-22/h17-18,22-24H,7-16,19H2,1-6H3. The van der Waals surface area contributed by atoms with Crippen LogP contribution in [0.2, 0.25) is 0 Å². The average molecular weight is 540 g/mol. The second-order valence-corrected chi connectivity index (χ2v) is 12.5. The number of aryl methyl sites for hydroxylation is 2. The van der Waals surface area contributed by atoms with E-state index >= 15 is 0 Å². The Kier molecular flexibility index (Phi) is 10.8. The first kappa shape index (κ1) is 29.8. The maximum atomic E-state index is 13.1. The zero-order chi connectivity index (χ0) is 27.2. The van der Waals surface area contributed by atoms with E-state index in [9.17, 15) is 13.2 Å². The number of hydrogen-bond acceptors (Lipinski definition) is 7. The molecule has 3 rings (SSSR count). The van der Waals surface area contributed by atoms with Crippen molar-refractivity contribution in [3.63, 3.8) is 0 Å². The van der Waals surface area contributed by atoms with E-state index in [1.807, 2.05) is 7.05 Å². The van der Waals surface area contributed by atoms with Crippen LogP contribution in [0.1, 0.15) is 49.7 Å².